The minimum absolute atomic E-state index is 0.717. The molecule has 0 atom stereocenters. The Bertz CT molecular complexity index is 420. The molecular weight excluding hydrogens is 166 g/mol. The largest absolute Gasteiger partial charge is 0.359 e. The number of hydrogen-bond donors (Lipinski definition) is 1. The maximum absolute atomic E-state index is 4.91. The third kappa shape index (κ3) is 1.51. The first-order valence-corrected chi connectivity index (χ1v) is 4.09. The molecule has 1 aromatic heterocycles. The fourth-order valence-electron chi connectivity index (χ4n) is 1.40. The van der Waals surface area contributed by atoms with E-state index < -0.39 is 0 Å². The van der Waals surface area contributed by atoms with Crippen LogP contribution in [-0.2, 0) is 4.89 Å². The van der Waals surface area contributed by atoms with E-state index in [0.29, 0.717) is 5.75 Å². The molecule has 13 heavy (non-hydrogen) atoms. The summed E-state index contributed by atoms with van der Waals surface area (Å²) in [5.41, 5.74) is 2.26. The Balaban J connectivity index is 2.48. The number of aryl methyl sites for hydroxylation is 1. The lowest BCUT2D eigenvalue weighted by Gasteiger charge is -1.99. The van der Waals surface area contributed by atoms with Crippen LogP contribution < -0.4 is 4.89 Å². The average molecular weight is 177 g/mol. The van der Waals surface area contributed by atoms with Crippen molar-refractivity contribution in [1.82, 2.24) is 4.98 Å². The number of aromatic nitrogens is 1. The van der Waals surface area contributed by atoms with Gasteiger partial charge in [-0.3, -0.25) is 0 Å². The number of H-pyrrole nitrogens is 1. The Hall–Kier alpha value is -1.48. The molecule has 0 saturated heterocycles. The third-order valence-electron chi connectivity index (χ3n) is 1.91. The molecule has 0 radical (unpaired) electrons. The zero-order valence-electron chi connectivity index (χ0n) is 7.63. The Morgan fingerprint density at radius 1 is 1.23 bits per heavy atom. The van der Waals surface area contributed by atoms with Crippen LogP contribution in [0, 0.1) is 6.92 Å². The van der Waals surface area contributed by atoms with Crippen molar-refractivity contribution in [1.29, 1.82) is 0 Å². The number of benzene rings is 1. The molecule has 1 aromatic carbocycles. The van der Waals surface area contributed by atoms with Crippen LogP contribution in [0.25, 0.3) is 10.9 Å². The van der Waals surface area contributed by atoms with E-state index in [1.807, 2.05) is 25.1 Å². The van der Waals surface area contributed by atoms with Crippen LogP contribution in [-0.4, -0.2) is 12.1 Å². The van der Waals surface area contributed by atoms with E-state index in [1.54, 1.807) is 0 Å². The lowest BCUT2D eigenvalue weighted by Crippen LogP contribution is -1.89. The van der Waals surface area contributed by atoms with Gasteiger partial charge in [0.2, 0.25) is 0 Å². The highest BCUT2D eigenvalue weighted by Gasteiger charge is 1.99. The van der Waals surface area contributed by atoms with Crippen molar-refractivity contribution in [3.63, 3.8) is 0 Å². The molecule has 0 aliphatic rings. The van der Waals surface area contributed by atoms with Gasteiger partial charge in [-0.05, 0) is 31.2 Å². The van der Waals surface area contributed by atoms with E-state index >= 15 is 0 Å². The van der Waals surface area contributed by atoms with Crippen molar-refractivity contribution in [3.05, 3.63) is 30.0 Å². The molecular formula is C10H11NO2. The first kappa shape index (κ1) is 8.13. The van der Waals surface area contributed by atoms with Crippen molar-refractivity contribution in [2.24, 2.45) is 0 Å². The summed E-state index contributed by atoms with van der Waals surface area (Å²) in [6, 6.07) is 7.83. The maximum atomic E-state index is 4.91. The Morgan fingerprint density at radius 3 is 2.85 bits per heavy atom. The minimum atomic E-state index is 0.717. The van der Waals surface area contributed by atoms with Gasteiger partial charge in [-0.1, -0.05) is 0 Å². The number of hydrogen-bond acceptors (Lipinski definition) is 2. The molecule has 1 N–H and O–H groups in total. The molecule has 68 valence electrons. The summed E-state index contributed by atoms with van der Waals surface area (Å²) in [5.74, 6) is 0.717. The van der Waals surface area contributed by atoms with Gasteiger partial charge in [-0.2, -0.15) is 4.89 Å². The number of aromatic amines is 1. The van der Waals surface area contributed by atoms with E-state index in [2.05, 4.69) is 15.9 Å². The third-order valence-corrected chi connectivity index (χ3v) is 1.91. The maximum Gasteiger partial charge on any atom is 0.166 e. The van der Waals surface area contributed by atoms with Gasteiger partial charge in [0.25, 0.3) is 0 Å². The molecule has 0 aliphatic carbocycles. The molecule has 2 aromatic rings. The van der Waals surface area contributed by atoms with Gasteiger partial charge in [0, 0.05) is 16.6 Å². The molecule has 0 aliphatic heterocycles. The average Bonchev–Trinajstić information content (AvgIpc) is 2.44. The molecule has 0 saturated carbocycles. The second-order valence-corrected chi connectivity index (χ2v) is 2.95. The lowest BCUT2D eigenvalue weighted by molar-refractivity contribution is -0.178. The van der Waals surface area contributed by atoms with Crippen molar-refractivity contribution >= 4 is 10.9 Å². The van der Waals surface area contributed by atoms with Crippen LogP contribution >= 0.6 is 0 Å². The minimum Gasteiger partial charge on any atom is -0.359 e. The summed E-state index contributed by atoms with van der Waals surface area (Å²) in [6.45, 7) is 2.02. The van der Waals surface area contributed by atoms with Gasteiger partial charge >= 0.3 is 0 Å². The molecule has 2 rings (SSSR count). The molecule has 3 nitrogen and oxygen atoms in total. The van der Waals surface area contributed by atoms with E-state index in [9.17, 15) is 0 Å². The zero-order chi connectivity index (χ0) is 9.26. The Labute approximate surface area is 76.2 Å². The van der Waals surface area contributed by atoms with Crippen molar-refractivity contribution < 1.29 is 9.78 Å². The van der Waals surface area contributed by atoms with Gasteiger partial charge in [0.05, 0.1) is 7.11 Å². The molecule has 0 amide bonds. The second kappa shape index (κ2) is 3.11. The van der Waals surface area contributed by atoms with Crippen LogP contribution in [0.4, 0.5) is 0 Å². The van der Waals surface area contributed by atoms with Gasteiger partial charge < -0.3 is 9.87 Å². The number of rotatable bonds is 2. The number of fused-ring (bicyclic) bond motifs is 1. The van der Waals surface area contributed by atoms with Crippen LogP contribution in [0.2, 0.25) is 0 Å². The quantitative estimate of drug-likeness (QED) is 0.564. The molecule has 1 heterocycles. The first-order chi connectivity index (χ1) is 6.29. The van der Waals surface area contributed by atoms with Crippen LogP contribution in [0.1, 0.15) is 5.69 Å². The summed E-state index contributed by atoms with van der Waals surface area (Å²) in [4.78, 5) is 12.7. The summed E-state index contributed by atoms with van der Waals surface area (Å²) in [6.07, 6.45) is 0. The topological polar surface area (TPSA) is 34.2 Å². The normalized spacial score (nSPS) is 10.6. The zero-order valence-corrected chi connectivity index (χ0v) is 7.63. The summed E-state index contributed by atoms with van der Waals surface area (Å²) < 4.78 is 0. The van der Waals surface area contributed by atoms with Gasteiger partial charge in [-0.15, -0.1) is 0 Å². The lowest BCUT2D eigenvalue weighted by atomic mass is 10.2. The fraction of sp³-hybridized carbons (Fsp3) is 0.200. The Kier molecular flexibility index (Phi) is 1.94. The molecule has 0 fully saturated rings. The Morgan fingerprint density at radius 2 is 2.08 bits per heavy atom. The monoisotopic (exact) mass is 177 g/mol. The predicted octanol–water partition coefficient (Wildman–Crippen LogP) is 2.42. The fourth-order valence-corrected chi connectivity index (χ4v) is 1.40. The van der Waals surface area contributed by atoms with E-state index in [-0.39, 0.29) is 0 Å². The number of nitrogens with one attached hydrogen (secondary N) is 1. The molecule has 0 bridgehead atoms. The van der Waals surface area contributed by atoms with Crippen LogP contribution in [0.15, 0.2) is 24.3 Å². The highest BCUT2D eigenvalue weighted by atomic mass is 17.2. The highest BCUT2D eigenvalue weighted by Crippen LogP contribution is 2.21. The molecule has 0 spiro atoms. The van der Waals surface area contributed by atoms with Crippen molar-refractivity contribution in [2.75, 3.05) is 7.11 Å². The van der Waals surface area contributed by atoms with E-state index in [0.717, 1.165) is 16.6 Å². The smallest absolute Gasteiger partial charge is 0.166 e. The van der Waals surface area contributed by atoms with E-state index in [1.165, 1.54) is 7.11 Å². The summed E-state index contributed by atoms with van der Waals surface area (Å²) in [7, 11) is 1.49. The van der Waals surface area contributed by atoms with Gasteiger partial charge in [0.15, 0.2) is 5.75 Å². The van der Waals surface area contributed by atoms with Gasteiger partial charge in [0.1, 0.15) is 0 Å². The standard InChI is InChI=1S/C10H11NO2/c1-7-5-8-6-9(13-12-2)3-4-10(8)11-7/h3-6,11H,1-2H3. The highest BCUT2D eigenvalue weighted by molar-refractivity contribution is 5.81. The van der Waals surface area contributed by atoms with Gasteiger partial charge in [-0.25, -0.2) is 0 Å². The SMILES string of the molecule is COOc1ccc2[nH]c(C)cc2c1. The molecule has 3 heteroatoms. The predicted molar refractivity (Wildman–Crippen MR) is 50.7 cm³/mol. The summed E-state index contributed by atoms with van der Waals surface area (Å²) in [5, 5.41) is 1.13. The molecule has 0 unspecified atom stereocenters. The van der Waals surface area contributed by atoms with E-state index in [4.69, 9.17) is 4.89 Å². The van der Waals surface area contributed by atoms with Crippen molar-refractivity contribution in [2.45, 2.75) is 6.92 Å². The van der Waals surface area contributed by atoms with Crippen LogP contribution in [0.3, 0.4) is 0 Å². The van der Waals surface area contributed by atoms with Crippen LogP contribution in [0.5, 0.6) is 5.75 Å². The van der Waals surface area contributed by atoms with Crippen molar-refractivity contribution in [3.8, 4) is 5.75 Å². The second-order valence-electron chi connectivity index (χ2n) is 2.95. The summed E-state index contributed by atoms with van der Waals surface area (Å²) >= 11 is 0. The first-order valence-electron chi connectivity index (χ1n) is 4.09.